The number of halogens is 1. The molecule has 4 heterocycles. The standard InChI is InChI=1S/C13H19N4.ClH/c1-2-4-13(5-3-1)6-17-10-14-7-15(11-17)9-16(8-14)12-17;/h1-5H,6-12H2;1H/q+1;/p-1. The lowest BCUT2D eigenvalue weighted by atomic mass is 10.1. The van der Waals surface area contributed by atoms with Gasteiger partial charge in [0.05, 0.1) is 20.0 Å². The van der Waals surface area contributed by atoms with E-state index in [2.05, 4.69) is 45.0 Å². The molecule has 5 heteroatoms. The summed E-state index contributed by atoms with van der Waals surface area (Å²) in [7, 11) is 0. The molecule has 0 radical (unpaired) electrons. The second-order valence-corrected chi connectivity index (χ2v) is 5.85. The number of benzene rings is 1. The van der Waals surface area contributed by atoms with E-state index in [4.69, 9.17) is 0 Å². The van der Waals surface area contributed by atoms with Crippen LogP contribution in [-0.4, -0.2) is 59.2 Å². The van der Waals surface area contributed by atoms with Crippen molar-refractivity contribution >= 4 is 0 Å². The van der Waals surface area contributed by atoms with Crippen LogP contribution in [0.2, 0.25) is 0 Å². The normalized spacial score (nSPS) is 40.6. The zero-order chi connectivity index (χ0) is 11.3. The summed E-state index contributed by atoms with van der Waals surface area (Å²) in [5.74, 6) is 0. The molecule has 4 aliphatic heterocycles. The minimum atomic E-state index is 0. The van der Waals surface area contributed by atoms with Gasteiger partial charge in [-0.2, -0.15) is 0 Å². The van der Waals surface area contributed by atoms with Crippen molar-refractivity contribution in [1.82, 2.24) is 14.7 Å². The van der Waals surface area contributed by atoms with E-state index in [1.807, 2.05) is 0 Å². The Bertz CT molecular complexity index is 387. The van der Waals surface area contributed by atoms with Gasteiger partial charge >= 0.3 is 0 Å². The number of hydrogen-bond donors (Lipinski definition) is 0. The molecule has 4 fully saturated rings. The minimum absolute atomic E-state index is 0. The molecule has 0 N–H and O–H groups in total. The number of quaternary nitrogens is 1. The van der Waals surface area contributed by atoms with E-state index in [-0.39, 0.29) is 12.4 Å². The Morgan fingerprint density at radius 3 is 1.83 bits per heavy atom. The zero-order valence-corrected chi connectivity index (χ0v) is 11.3. The van der Waals surface area contributed by atoms with Gasteiger partial charge in [-0.1, -0.05) is 30.3 Å². The van der Waals surface area contributed by atoms with E-state index in [9.17, 15) is 0 Å². The molecule has 0 amide bonds. The van der Waals surface area contributed by atoms with Crippen LogP contribution in [0.4, 0.5) is 0 Å². The van der Waals surface area contributed by atoms with Crippen LogP contribution in [0.3, 0.4) is 0 Å². The van der Waals surface area contributed by atoms with Crippen molar-refractivity contribution < 1.29 is 16.9 Å². The monoisotopic (exact) mass is 266 g/mol. The van der Waals surface area contributed by atoms with Crippen LogP contribution in [0.1, 0.15) is 5.56 Å². The summed E-state index contributed by atoms with van der Waals surface area (Å²) in [6, 6.07) is 10.9. The molecule has 4 saturated heterocycles. The lowest BCUT2D eigenvalue weighted by Crippen LogP contribution is -3.00. The SMILES string of the molecule is [Cl-].c1ccc(C[N+]23CN4CN(CN(C4)C2)C3)cc1. The fraction of sp³-hybridized carbons (Fsp3) is 0.538. The van der Waals surface area contributed by atoms with Gasteiger partial charge in [-0.15, -0.1) is 0 Å². The first-order valence-corrected chi connectivity index (χ1v) is 6.38. The van der Waals surface area contributed by atoms with Gasteiger partial charge in [-0.25, -0.2) is 14.7 Å². The largest absolute Gasteiger partial charge is 1.00 e. The molecule has 98 valence electrons. The first-order chi connectivity index (χ1) is 8.31. The van der Waals surface area contributed by atoms with Gasteiger partial charge in [0.25, 0.3) is 0 Å². The van der Waals surface area contributed by atoms with Gasteiger partial charge in [0.1, 0.15) is 26.6 Å². The smallest absolute Gasteiger partial charge is 0.139 e. The highest BCUT2D eigenvalue weighted by atomic mass is 35.5. The zero-order valence-electron chi connectivity index (χ0n) is 10.5. The summed E-state index contributed by atoms with van der Waals surface area (Å²) in [6.07, 6.45) is 0. The van der Waals surface area contributed by atoms with Crippen molar-refractivity contribution in [2.24, 2.45) is 0 Å². The Balaban J connectivity index is 0.000001000. The van der Waals surface area contributed by atoms with E-state index in [1.165, 1.54) is 56.6 Å². The summed E-state index contributed by atoms with van der Waals surface area (Å²) in [5, 5.41) is 0. The molecule has 0 spiro atoms. The Hall–Kier alpha value is -0.650. The molecule has 1 aromatic carbocycles. The van der Waals surface area contributed by atoms with Crippen molar-refractivity contribution in [2.45, 2.75) is 6.54 Å². The van der Waals surface area contributed by atoms with E-state index in [1.54, 1.807) is 0 Å². The minimum Gasteiger partial charge on any atom is -1.00 e. The molecule has 0 saturated carbocycles. The van der Waals surface area contributed by atoms with Crippen LogP contribution in [0.25, 0.3) is 0 Å². The Labute approximate surface area is 114 Å². The second kappa shape index (κ2) is 4.47. The molecule has 4 bridgehead atoms. The summed E-state index contributed by atoms with van der Waals surface area (Å²) < 4.78 is 1.20. The highest BCUT2D eigenvalue weighted by molar-refractivity contribution is 5.13. The molecule has 1 aromatic rings. The summed E-state index contributed by atoms with van der Waals surface area (Å²) in [5.41, 5.74) is 1.47. The predicted octanol–water partition coefficient (Wildman–Crippen LogP) is -2.30. The number of rotatable bonds is 2. The molecule has 0 unspecified atom stereocenters. The van der Waals surface area contributed by atoms with Gasteiger partial charge in [0, 0.05) is 5.56 Å². The van der Waals surface area contributed by atoms with E-state index >= 15 is 0 Å². The maximum atomic E-state index is 2.57. The molecule has 0 aliphatic carbocycles. The average molecular weight is 267 g/mol. The molecular weight excluding hydrogens is 248 g/mol. The van der Waals surface area contributed by atoms with Crippen molar-refractivity contribution in [1.29, 1.82) is 0 Å². The number of nitrogens with zero attached hydrogens (tertiary/aromatic N) is 4. The summed E-state index contributed by atoms with van der Waals surface area (Å²) >= 11 is 0. The lowest BCUT2D eigenvalue weighted by Gasteiger charge is -2.60. The summed E-state index contributed by atoms with van der Waals surface area (Å²) in [6.45, 7) is 8.36. The highest BCUT2D eigenvalue weighted by Gasteiger charge is 2.48. The van der Waals surface area contributed by atoms with Crippen LogP contribution in [-0.2, 0) is 6.54 Å². The second-order valence-electron chi connectivity index (χ2n) is 5.85. The molecule has 0 aromatic heterocycles. The maximum absolute atomic E-state index is 2.57. The third-order valence-electron chi connectivity index (χ3n) is 4.06. The summed E-state index contributed by atoms with van der Waals surface area (Å²) in [4.78, 5) is 7.71. The van der Waals surface area contributed by atoms with Gasteiger partial charge in [0.2, 0.25) is 0 Å². The van der Waals surface area contributed by atoms with Gasteiger partial charge in [0.15, 0.2) is 0 Å². The predicted molar refractivity (Wildman–Crippen MR) is 65.1 cm³/mol. The quantitative estimate of drug-likeness (QED) is 0.558. The first kappa shape index (κ1) is 12.4. The highest BCUT2D eigenvalue weighted by Crippen LogP contribution is 2.30. The Kier molecular flexibility index (Phi) is 3.08. The van der Waals surface area contributed by atoms with E-state index in [0.717, 1.165) is 0 Å². The van der Waals surface area contributed by atoms with E-state index in [0.29, 0.717) is 0 Å². The molecule has 0 atom stereocenters. The fourth-order valence-corrected chi connectivity index (χ4v) is 3.78. The van der Waals surface area contributed by atoms with Gasteiger partial charge in [-0.3, -0.25) is 4.48 Å². The molecule has 4 aliphatic rings. The van der Waals surface area contributed by atoms with Crippen LogP contribution < -0.4 is 12.4 Å². The van der Waals surface area contributed by atoms with Gasteiger partial charge < -0.3 is 12.4 Å². The van der Waals surface area contributed by atoms with Crippen molar-refractivity contribution in [2.75, 3.05) is 40.0 Å². The third kappa shape index (κ3) is 2.04. The number of hydrogen-bond acceptors (Lipinski definition) is 3. The molecule has 4 nitrogen and oxygen atoms in total. The maximum Gasteiger partial charge on any atom is 0.139 e. The van der Waals surface area contributed by atoms with Crippen LogP contribution >= 0.6 is 0 Å². The lowest BCUT2D eigenvalue weighted by molar-refractivity contribution is -0.991. The van der Waals surface area contributed by atoms with Crippen LogP contribution in [0.15, 0.2) is 30.3 Å². The van der Waals surface area contributed by atoms with Crippen molar-refractivity contribution in [3.05, 3.63) is 35.9 Å². The van der Waals surface area contributed by atoms with E-state index < -0.39 is 0 Å². The van der Waals surface area contributed by atoms with Crippen LogP contribution in [0, 0.1) is 0 Å². The van der Waals surface area contributed by atoms with Crippen molar-refractivity contribution in [3.8, 4) is 0 Å². The molecule has 5 rings (SSSR count). The third-order valence-corrected chi connectivity index (χ3v) is 4.06. The van der Waals surface area contributed by atoms with Gasteiger partial charge in [-0.05, 0) is 0 Å². The topological polar surface area (TPSA) is 9.72 Å². The average Bonchev–Trinajstić information content (AvgIpc) is 2.27. The first-order valence-electron chi connectivity index (χ1n) is 6.38. The Morgan fingerprint density at radius 2 is 1.33 bits per heavy atom. The van der Waals surface area contributed by atoms with Crippen LogP contribution in [0.5, 0.6) is 0 Å². The molecule has 18 heavy (non-hydrogen) atoms. The Morgan fingerprint density at radius 1 is 0.833 bits per heavy atom. The van der Waals surface area contributed by atoms with Crippen molar-refractivity contribution in [3.63, 3.8) is 0 Å². The fourth-order valence-electron chi connectivity index (χ4n) is 3.78. The molecular formula is C13H19ClN4.